The van der Waals surface area contributed by atoms with Crippen LogP contribution in [0, 0.1) is 11.3 Å². The van der Waals surface area contributed by atoms with Crippen molar-refractivity contribution in [1.82, 2.24) is 10.6 Å². The Bertz CT molecular complexity index is 788. The fourth-order valence-electron chi connectivity index (χ4n) is 2.37. The minimum atomic E-state index is 0. The van der Waals surface area contributed by atoms with Crippen molar-refractivity contribution in [2.24, 2.45) is 4.99 Å². The third-order valence-electron chi connectivity index (χ3n) is 3.79. The van der Waals surface area contributed by atoms with Gasteiger partial charge >= 0.3 is 0 Å². The molecule has 0 aliphatic rings. The van der Waals surface area contributed by atoms with E-state index in [0.29, 0.717) is 23.7 Å². The first-order valence-electron chi connectivity index (χ1n) is 8.50. The summed E-state index contributed by atoms with van der Waals surface area (Å²) in [5.74, 6) is 1.51. The van der Waals surface area contributed by atoms with Crippen LogP contribution in [0.5, 0.6) is 5.75 Å². The summed E-state index contributed by atoms with van der Waals surface area (Å²) in [6.45, 7) is 4.07. The average Bonchev–Trinajstić information content (AvgIpc) is 2.67. The van der Waals surface area contributed by atoms with E-state index in [1.807, 2.05) is 37.3 Å². The summed E-state index contributed by atoms with van der Waals surface area (Å²) in [4.78, 5) is 4.58. The number of methoxy groups -OCH3 is 1. The maximum atomic E-state index is 8.84. The smallest absolute Gasteiger partial charge is 0.191 e. The van der Waals surface area contributed by atoms with Crippen LogP contribution in [-0.2, 0) is 13.0 Å². The molecule has 0 aliphatic carbocycles. The highest BCUT2D eigenvalue weighted by atomic mass is 127. The van der Waals surface area contributed by atoms with E-state index in [1.54, 1.807) is 19.2 Å². The summed E-state index contributed by atoms with van der Waals surface area (Å²) in [6, 6.07) is 15.3. The Hall–Kier alpha value is -1.98. The second kappa shape index (κ2) is 12.4. The van der Waals surface area contributed by atoms with Crippen molar-refractivity contribution < 1.29 is 4.74 Å². The van der Waals surface area contributed by atoms with E-state index in [0.717, 1.165) is 35.8 Å². The maximum Gasteiger partial charge on any atom is 0.191 e. The standard InChI is InChI=1S/C20H23ClN4O.HI/c1-3-23-20(25-14-16-6-4-15(13-22)5-7-16)24-11-10-17-8-9-18(26-2)12-19(17)21;/h4-9,12H,3,10-11,14H2,1-2H3,(H2,23,24,25);1H. The maximum absolute atomic E-state index is 8.84. The SMILES string of the molecule is CCNC(=NCc1ccc(C#N)cc1)NCCc1ccc(OC)cc1Cl.I. The van der Waals surface area contributed by atoms with Gasteiger partial charge in [-0.05, 0) is 48.7 Å². The van der Waals surface area contributed by atoms with Crippen molar-refractivity contribution in [3.05, 3.63) is 64.2 Å². The molecule has 0 aliphatic heterocycles. The number of aliphatic imine (C=N–C) groups is 1. The monoisotopic (exact) mass is 498 g/mol. The van der Waals surface area contributed by atoms with Crippen molar-refractivity contribution in [1.29, 1.82) is 5.26 Å². The molecule has 2 aromatic carbocycles. The predicted octanol–water partition coefficient (Wildman–Crippen LogP) is 4.14. The highest BCUT2D eigenvalue weighted by Gasteiger charge is 2.03. The van der Waals surface area contributed by atoms with Crippen LogP contribution >= 0.6 is 35.6 Å². The summed E-state index contributed by atoms with van der Waals surface area (Å²) in [5.41, 5.74) is 2.77. The number of hydrogen-bond donors (Lipinski definition) is 2. The highest BCUT2D eigenvalue weighted by Crippen LogP contribution is 2.22. The van der Waals surface area contributed by atoms with Gasteiger partial charge in [-0.25, -0.2) is 4.99 Å². The highest BCUT2D eigenvalue weighted by molar-refractivity contribution is 14.0. The fourth-order valence-corrected chi connectivity index (χ4v) is 2.64. The van der Waals surface area contributed by atoms with Crippen molar-refractivity contribution >= 4 is 41.5 Å². The van der Waals surface area contributed by atoms with Gasteiger partial charge in [-0.1, -0.05) is 29.8 Å². The van der Waals surface area contributed by atoms with Crippen molar-refractivity contribution in [3.63, 3.8) is 0 Å². The zero-order chi connectivity index (χ0) is 18.8. The second-order valence-electron chi connectivity index (χ2n) is 5.64. The van der Waals surface area contributed by atoms with E-state index >= 15 is 0 Å². The fraction of sp³-hybridized carbons (Fsp3) is 0.300. The molecule has 0 radical (unpaired) electrons. The minimum Gasteiger partial charge on any atom is -0.497 e. The van der Waals surface area contributed by atoms with Gasteiger partial charge in [0.15, 0.2) is 5.96 Å². The van der Waals surface area contributed by atoms with E-state index in [9.17, 15) is 0 Å². The largest absolute Gasteiger partial charge is 0.497 e. The predicted molar refractivity (Wildman–Crippen MR) is 121 cm³/mol. The van der Waals surface area contributed by atoms with E-state index in [-0.39, 0.29) is 24.0 Å². The minimum absolute atomic E-state index is 0. The number of guanidine groups is 1. The van der Waals surface area contributed by atoms with Gasteiger partial charge in [0.05, 0.1) is 25.3 Å². The Morgan fingerprint density at radius 2 is 1.93 bits per heavy atom. The van der Waals surface area contributed by atoms with Crippen molar-refractivity contribution in [2.75, 3.05) is 20.2 Å². The summed E-state index contributed by atoms with van der Waals surface area (Å²) >= 11 is 6.27. The van der Waals surface area contributed by atoms with Gasteiger partial charge in [-0.3, -0.25) is 0 Å². The summed E-state index contributed by atoms with van der Waals surface area (Å²) < 4.78 is 5.17. The molecule has 0 saturated heterocycles. The molecule has 2 aromatic rings. The quantitative estimate of drug-likeness (QED) is 0.342. The Morgan fingerprint density at radius 1 is 1.19 bits per heavy atom. The normalized spacial score (nSPS) is 10.5. The summed E-state index contributed by atoms with van der Waals surface area (Å²) in [7, 11) is 1.62. The number of ether oxygens (including phenoxy) is 1. The Morgan fingerprint density at radius 3 is 2.52 bits per heavy atom. The Labute approximate surface area is 182 Å². The lowest BCUT2D eigenvalue weighted by Gasteiger charge is -2.12. The lowest BCUT2D eigenvalue weighted by atomic mass is 10.1. The van der Waals surface area contributed by atoms with Crippen LogP contribution in [0.2, 0.25) is 5.02 Å². The van der Waals surface area contributed by atoms with Crippen molar-refractivity contribution in [2.45, 2.75) is 19.9 Å². The molecule has 5 nitrogen and oxygen atoms in total. The molecule has 0 unspecified atom stereocenters. The number of hydrogen-bond acceptors (Lipinski definition) is 3. The molecule has 0 fully saturated rings. The number of benzene rings is 2. The number of nitriles is 1. The molecule has 2 rings (SSSR count). The molecule has 7 heteroatoms. The average molecular weight is 499 g/mol. The lowest BCUT2D eigenvalue weighted by molar-refractivity contribution is 0.414. The number of rotatable bonds is 7. The van der Waals surface area contributed by atoms with Gasteiger partial charge in [-0.15, -0.1) is 24.0 Å². The van der Waals surface area contributed by atoms with Gasteiger partial charge in [0.1, 0.15) is 5.75 Å². The first kappa shape index (κ1) is 23.1. The van der Waals surface area contributed by atoms with E-state index < -0.39 is 0 Å². The molecule has 0 atom stereocenters. The van der Waals surface area contributed by atoms with Crippen LogP contribution in [-0.4, -0.2) is 26.2 Å². The van der Waals surface area contributed by atoms with Gasteiger partial charge in [-0.2, -0.15) is 5.26 Å². The molecule has 0 bridgehead atoms. The lowest BCUT2D eigenvalue weighted by Crippen LogP contribution is -2.38. The molecule has 0 heterocycles. The van der Waals surface area contributed by atoms with Gasteiger partial charge < -0.3 is 15.4 Å². The van der Waals surface area contributed by atoms with Gasteiger partial charge in [0, 0.05) is 18.1 Å². The molecule has 144 valence electrons. The van der Waals surface area contributed by atoms with E-state index in [4.69, 9.17) is 21.6 Å². The Balaban J connectivity index is 0.00000364. The molecular weight excluding hydrogens is 475 g/mol. The zero-order valence-electron chi connectivity index (χ0n) is 15.5. The van der Waals surface area contributed by atoms with Gasteiger partial charge in [0.2, 0.25) is 0 Å². The second-order valence-corrected chi connectivity index (χ2v) is 6.05. The van der Waals surface area contributed by atoms with Crippen LogP contribution in [0.25, 0.3) is 0 Å². The topological polar surface area (TPSA) is 69.4 Å². The van der Waals surface area contributed by atoms with Crippen LogP contribution in [0.1, 0.15) is 23.6 Å². The Kier molecular flexibility index (Phi) is 10.6. The zero-order valence-corrected chi connectivity index (χ0v) is 18.5. The molecule has 0 amide bonds. The molecule has 0 spiro atoms. The van der Waals surface area contributed by atoms with Crippen LogP contribution in [0.4, 0.5) is 0 Å². The van der Waals surface area contributed by atoms with E-state index in [2.05, 4.69) is 21.7 Å². The molecule has 27 heavy (non-hydrogen) atoms. The van der Waals surface area contributed by atoms with E-state index in [1.165, 1.54) is 0 Å². The molecule has 0 saturated carbocycles. The van der Waals surface area contributed by atoms with Crippen LogP contribution in [0.15, 0.2) is 47.5 Å². The summed E-state index contributed by atoms with van der Waals surface area (Å²) in [5, 5.41) is 16.1. The first-order valence-corrected chi connectivity index (χ1v) is 8.87. The number of nitrogens with one attached hydrogen (secondary N) is 2. The third-order valence-corrected chi connectivity index (χ3v) is 4.15. The van der Waals surface area contributed by atoms with Crippen molar-refractivity contribution in [3.8, 4) is 11.8 Å². The molecule has 2 N–H and O–H groups in total. The first-order chi connectivity index (χ1) is 12.7. The molecular formula is C20H24ClIN4O. The number of halogens is 2. The van der Waals surface area contributed by atoms with Gasteiger partial charge in [0.25, 0.3) is 0 Å². The van der Waals surface area contributed by atoms with Crippen LogP contribution < -0.4 is 15.4 Å². The number of nitrogens with zero attached hydrogens (tertiary/aromatic N) is 2. The summed E-state index contributed by atoms with van der Waals surface area (Å²) in [6.07, 6.45) is 0.782. The molecule has 0 aromatic heterocycles. The third kappa shape index (κ3) is 7.65. The van der Waals surface area contributed by atoms with Crippen LogP contribution in [0.3, 0.4) is 0 Å².